The lowest BCUT2D eigenvalue weighted by atomic mass is 9.76. The predicted molar refractivity (Wildman–Crippen MR) is 118 cm³/mol. The van der Waals surface area contributed by atoms with Gasteiger partial charge in [0.2, 0.25) is 6.79 Å². The van der Waals surface area contributed by atoms with Crippen molar-refractivity contribution in [1.29, 1.82) is 0 Å². The summed E-state index contributed by atoms with van der Waals surface area (Å²) in [6, 6.07) is 10.5. The molecular weight excluding hydrogens is 412 g/mol. The first-order valence-electron chi connectivity index (χ1n) is 11.7. The van der Waals surface area contributed by atoms with Crippen molar-refractivity contribution >= 4 is 0 Å². The van der Waals surface area contributed by atoms with E-state index in [2.05, 4.69) is 17.0 Å². The van der Waals surface area contributed by atoms with Gasteiger partial charge in [0.15, 0.2) is 11.5 Å². The molecule has 4 nitrogen and oxygen atoms in total. The molecule has 1 aliphatic carbocycles. The van der Waals surface area contributed by atoms with Gasteiger partial charge in [-0.15, -0.1) is 0 Å². The number of ether oxygens (including phenoxy) is 3. The Kier molecular flexibility index (Phi) is 6.08. The molecule has 2 aliphatic heterocycles. The molecule has 2 aromatic carbocycles. The number of piperidine rings is 1. The number of hydrogen-bond donors (Lipinski definition) is 0. The summed E-state index contributed by atoms with van der Waals surface area (Å²) in [4.78, 5) is 2.59. The fourth-order valence-corrected chi connectivity index (χ4v) is 5.76. The van der Waals surface area contributed by atoms with Crippen LogP contribution in [0.15, 0.2) is 36.4 Å². The van der Waals surface area contributed by atoms with E-state index in [0.717, 1.165) is 63.1 Å². The van der Waals surface area contributed by atoms with Crippen LogP contribution < -0.4 is 9.47 Å². The molecule has 0 atom stereocenters. The molecule has 172 valence electrons. The van der Waals surface area contributed by atoms with Gasteiger partial charge in [0, 0.05) is 13.2 Å². The fourth-order valence-electron chi connectivity index (χ4n) is 5.76. The molecule has 3 aliphatic rings. The van der Waals surface area contributed by atoms with Crippen molar-refractivity contribution in [2.75, 3.05) is 27.0 Å². The van der Waals surface area contributed by atoms with Crippen LogP contribution in [0.1, 0.15) is 49.7 Å². The summed E-state index contributed by atoms with van der Waals surface area (Å²) in [5.74, 6) is 1.37. The summed E-state index contributed by atoms with van der Waals surface area (Å²) in [6.45, 7) is 2.33. The second-order valence-corrected chi connectivity index (χ2v) is 9.42. The van der Waals surface area contributed by atoms with Gasteiger partial charge in [-0.05, 0) is 105 Å². The van der Waals surface area contributed by atoms with Crippen molar-refractivity contribution in [1.82, 2.24) is 4.90 Å². The molecule has 0 spiro atoms. The van der Waals surface area contributed by atoms with E-state index >= 15 is 0 Å². The van der Waals surface area contributed by atoms with Gasteiger partial charge in [0.05, 0.1) is 5.60 Å². The van der Waals surface area contributed by atoms with Gasteiger partial charge in [-0.1, -0.05) is 6.07 Å². The summed E-state index contributed by atoms with van der Waals surface area (Å²) in [7, 11) is 1.81. The highest BCUT2D eigenvalue weighted by Crippen LogP contribution is 2.45. The van der Waals surface area contributed by atoms with Gasteiger partial charge in [-0.2, -0.15) is 0 Å². The van der Waals surface area contributed by atoms with Crippen molar-refractivity contribution in [2.24, 2.45) is 5.92 Å². The van der Waals surface area contributed by atoms with Crippen molar-refractivity contribution in [2.45, 2.75) is 56.6 Å². The summed E-state index contributed by atoms with van der Waals surface area (Å²) in [6.07, 6.45) is 6.81. The maximum Gasteiger partial charge on any atom is 0.231 e. The minimum atomic E-state index is -0.356. The van der Waals surface area contributed by atoms with Crippen LogP contribution in [0.2, 0.25) is 0 Å². The average Bonchev–Trinajstić information content (AvgIpc) is 3.30. The molecule has 0 radical (unpaired) electrons. The van der Waals surface area contributed by atoms with Crippen LogP contribution in [0, 0.1) is 17.6 Å². The second kappa shape index (κ2) is 8.99. The lowest BCUT2D eigenvalue weighted by molar-refractivity contribution is -0.0636. The molecule has 0 bridgehead atoms. The molecule has 5 rings (SSSR count). The van der Waals surface area contributed by atoms with Gasteiger partial charge >= 0.3 is 0 Å². The van der Waals surface area contributed by atoms with Crippen LogP contribution in [-0.4, -0.2) is 37.9 Å². The van der Waals surface area contributed by atoms with E-state index in [1.54, 1.807) is 0 Å². The van der Waals surface area contributed by atoms with E-state index in [9.17, 15) is 8.78 Å². The number of likely N-dealkylation sites (tertiary alicyclic amines) is 1. The van der Waals surface area contributed by atoms with Gasteiger partial charge in [-0.25, -0.2) is 8.78 Å². The molecule has 0 amide bonds. The van der Waals surface area contributed by atoms with Gasteiger partial charge in [0.1, 0.15) is 11.6 Å². The molecule has 6 heteroatoms. The minimum absolute atomic E-state index is 0.273. The summed E-state index contributed by atoms with van der Waals surface area (Å²) >= 11 is 0. The van der Waals surface area contributed by atoms with Gasteiger partial charge in [-0.3, -0.25) is 0 Å². The molecular formula is C26H31F2NO3. The molecule has 0 aromatic heterocycles. The van der Waals surface area contributed by atoms with Crippen LogP contribution in [-0.2, 0) is 16.8 Å². The smallest absolute Gasteiger partial charge is 0.231 e. The number of nitrogens with zero attached hydrogens (tertiary/aromatic N) is 1. The Bertz CT molecular complexity index is 950. The number of hydrogen-bond acceptors (Lipinski definition) is 4. The number of rotatable bonds is 5. The quantitative estimate of drug-likeness (QED) is 0.616. The Labute approximate surface area is 188 Å². The Morgan fingerprint density at radius 1 is 0.969 bits per heavy atom. The Morgan fingerprint density at radius 2 is 1.72 bits per heavy atom. The molecule has 2 aromatic rings. The monoisotopic (exact) mass is 443 g/mol. The van der Waals surface area contributed by atoms with Crippen LogP contribution in [0.25, 0.3) is 0 Å². The maximum absolute atomic E-state index is 14.0. The maximum atomic E-state index is 14.0. The lowest BCUT2D eigenvalue weighted by Crippen LogP contribution is -2.46. The van der Waals surface area contributed by atoms with E-state index in [4.69, 9.17) is 14.2 Å². The Hall–Kier alpha value is -2.18. The summed E-state index contributed by atoms with van der Waals surface area (Å²) < 4.78 is 44.6. The first-order valence-corrected chi connectivity index (χ1v) is 11.7. The first-order chi connectivity index (χ1) is 15.6. The van der Waals surface area contributed by atoms with E-state index < -0.39 is 0 Å². The molecule has 1 saturated carbocycles. The topological polar surface area (TPSA) is 30.9 Å². The van der Waals surface area contributed by atoms with Crippen LogP contribution in [0.4, 0.5) is 8.78 Å². The molecule has 32 heavy (non-hydrogen) atoms. The largest absolute Gasteiger partial charge is 0.454 e. The third kappa shape index (κ3) is 4.23. The zero-order valence-corrected chi connectivity index (χ0v) is 18.6. The average molecular weight is 444 g/mol. The molecule has 0 N–H and O–H groups in total. The third-order valence-corrected chi connectivity index (χ3v) is 7.73. The minimum Gasteiger partial charge on any atom is -0.454 e. The van der Waals surface area contributed by atoms with Crippen molar-refractivity contribution in [3.63, 3.8) is 0 Å². The SMILES string of the molecule is COC1(c2ccc3c(c2)OCO3)CCC(N2CCC(Cc3cc(F)ccc3F)CC2)CC1. The molecule has 0 unspecified atom stereocenters. The van der Waals surface area contributed by atoms with Crippen molar-refractivity contribution in [3.05, 3.63) is 59.2 Å². The standard InChI is InChI=1S/C26H31F2NO3/c1-30-26(20-2-5-24-25(16-20)32-17-31-24)10-6-22(7-11-26)29-12-8-18(9-13-29)14-19-15-21(27)3-4-23(19)28/h2-5,15-16,18,22H,6-14,17H2,1H3. The van der Waals surface area contributed by atoms with E-state index in [1.807, 2.05) is 13.2 Å². The van der Waals surface area contributed by atoms with Crippen LogP contribution in [0.3, 0.4) is 0 Å². The highest BCUT2D eigenvalue weighted by atomic mass is 19.1. The second-order valence-electron chi connectivity index (χ2n) is 9.42. The van der Waals surface area contributed by atoms with E-state index in [1.165, 1.54) is 23.8 Å². The van der Waals surface area contributed by atoms with E-state index in [-0.39, 0.29) is 24.0 Å². The Morgan fingerprint density at radius 3 is 2.47 bits per heavy atom. The molecule has 2 heterocycles. The van der Waals surface area contributed by atoms with Crippen LogP contribution in [0.5, 0.6) is 11.5 Å². The number of halogens is 2. The zero-order chi connectivity index (χ0) is 22.1. The van der Waals surface area contributed by atoms with Gasteiger partial charge in [0.25, 0.3) is 0 Å². The zero-order valence-electron chi connectivity index (χ0n) is 18.6. The highest BCUT2D eigenvalue weighted by molar-refractivity contribution is 5.46. The number of fused-ring (bicyclic) bond motifs is 1. The summed E-state index contributed by atoms with van der Waals surface area (Å²) in [5, 5.41) is 0. The molecule has 1 saturated heterocycles. The Balaban J connectivity index is 1.17. The van der Waals surface area contributed by atoms with E-state index in [0.29, 0.717) is 23.9 Å². The lowest BCUT2D eigenvalue weighted by Gasteiger charge is -2.45. The van der Waals surface area contributed by atoms with Gasteiger partial charge < -0.3 is 19.1 Å². The number of methoxy groups -OCH3 is 1. The first kappa shape index (κ1) is 21.7. The van der Waals surface area contributed by atoms with Crippen LogP contribution >= 0.6 is 0 Å². The van der Waals surface area contributed by atoms with Crippen molar-refractivity contribution < 1.29 is 23.0 Å². The molecule has 2 fully saturated rings. The highest BCUT2D eigenvalue weighted by Gasteiger charge is 2.40. The normalized spacial score (nSPS) is 26.4. The third-order valence-electron chi connectivity index (χ3n) is 7.73. The summed E-state index contributed by atoms with van der Waals surface area (Å²) in [5.41, 5.74) is 1.40. The predicted octanol–water partition coefficient (Wildman–Crippen LogP) is 5.43. The number of benzene rings is 2. The fraction of sp³-hybridized carbons (Fsp3) is 0.538. The van der Waals surface area contributed by atoms with Crippen molar-refractivity contribution in [3.8, 4) is 11.5 Å².